The third-order valence-electron chi connectivity index (χ3n) is 3.59. The number of rotatable bonds is 8. The van der Waals surface area contributed by atoms with Gasteiger partial charge in [-0.05, 0) is 13.0 Å². The highest BCUT2D eigenvalue weighted by molar-refractivity contribution is 5.90. The Morgan fingerprint density at radius 3 is 1.86 bits per heavy atom. The van der Waals surface area contributed by atoms with Crippen molar-refractivity contribution >= 4 is 23.9 Å². The maximum absolute atomic E-state index is 14.7. The quantitative estimate of drug-likeness (QED) is 0.394. The predicted octanol–water partition coefficient (Wildman–Crippen LogP) is 1.73. The van der Waals surface area contributed by atoms with E-state index in [1.807, 2.05) is 0 Å². The fourth-order valence-corrected chi connectivity index (χ4v) is 2.26. The number of aliphatic carboxylic acids is 1. The van der Waals surface area contributed by atoms with Crippen LogP contribution in [0.1, 0.15) is 36.7 Å². The number of carboxylic acid groups (broad SMARTS) is 1. The molecule has 1 rings (SSSR count). The van der Waals surface area contributed by atoms with Crippen LogP contribution in [0, 0.1) is 17.5 Å². The molecular weight excluding hydrogens is 389 g/mol. The van der Waals surface area contributed by atoms with E-state index in [1.54, 1.807) is 0 Å². The third-order valence-corrected chi connectivity index (χ3v) is 3.59. The fourth-order valence-electron chi connectivity index (χ4n) is 2.26. The zero-order chi connectivity index (χ0) is 21.6. The Bertz CT molecular complexity index is 788. The van der Waals surface area contributed by atoms with E-state index >= 15 is 0 Å². The molecule has 154 valence electrons. The van der Waals surface area contributed by atoms with Crippen molar-refractivity contribution in [2.75, 3.05) is 19.8 Å². The van der Waals surface area contributed by atoms with Crippen molar-refractivity contribution in [1.29, 1.82) is 0 Å². The zero-order valence-corrected chi connectivity index (χ0v) is 15.1. The molecule has 0 aliphatic heterocycles. The average Bonchev–Trinajstić information content (AvgIpc) is 2.59. The molecule has 0 aliphatic carbocycles. The zero-order valence-electron chi connectivity index (χ0n) is 15.1. The van der Waals surface area contributed by atoms with Crippen molar-refractivity contribution in [2.24, 2.45) is 0 Å². The van der Waals surface area contributed by atoms with Crippen LogP contribution in [0.25, 0.3) is 0 Å². The number of carbonyl (C=O) groups excluding carboxylic acids is 3. The van der Waals surface area contributed by atoms with Gasteiger partial charge in [0.1, 0.15) is 24.6 Å². The first kappa shape index (κ1) is 22.9. The SMILES string of the molecule is CCOC(=O)c1cc(F)c(C(COC(C)=O)(COC(C)=O)C(=O)O)c(F)c1F. The highest BCUT2D eigenvalue weighted by atomic mass is 19.2. The van der Waals surface area contributed by atoms with E-state index in [0.717, 1.165) is 13.8 Å². The number of halogens is 3. The Balaban J connectivity index is 3.69. The summed E-state index contributed by atoms with van der Waals surface area (Å²) in [7, 11) is 0. The van der Waals surface area contributed by atoms with E-state index < -0.39 is 71.1 Å². The Labute approximate surface area is 157 Å². The van der Waals surface area contributed by atoms with Gasteiger partial charge in [0.2, 0.25) is 0 Å². The summed E-state index contributed by atoms with van der Waals surface area (Å²) in [6, 6.07) is 0.255. The van der Waals surface area contributed by atoms with Gasteiger partial charge in [-0.3, -0.25) is 14.4 Å². The van der Waals surface area contributed by atoms with Gasteiger partial charge in [-0.15, -0.1) is 0 Å². The van der Waals surface area contributed by atoms with Gasteiger partial charge in [-0.1, -0.05) is 0 Å². The van der Waals surface area contributed by atoms with Gasteiger partial charge in [0.15, 0.2) is 17.0 Å². The molecule has 0 bridgehead atoms. The Morgan fingerprint density at radius 2 is 1.46 bits per heavy atom. The highest BCUT2D eigenvalue weighted by Crippen LogP contribution is 2.34. The fraction of sp³-hybridized carbons (Fsp3) is 0.412. The Kier molecular flexibility index (Phi) is 7.53. The minimum atomic E-state index is -2.81. The van der Waals surface area contributed by atoms with Crippen LogP contribution in [-0.4, -0.2) is 48.8 Å². The van der Waals surface area contributed by atoms with Crippen molar-refractivity contribution in [3.05, 3.63) is 34.6 Å². The van der Waals surface area contributed by atoms with Crippen LogP contribution < -0.4 is 0 Å². The molecule has 1 aromatic rings. The lowest BCUT2D eigenvalue weighted by Gasteiger charge is -2.29. The van der Waals surface area contributed by atoms with Gasteiger partial charge >= 0.3 is 23.9 Å². The van der Waals surface area contributed by atoms with Gasteiger partial charge in [0.25, 0.3) is 0 Å². The summed E-state index contributed by atoms with van der Waals surface area (Å²) in [5.41, 5.74) is -5.28. The van der Waals surface area contributed by atoms with Gasteiger partial charge in [0.05, 0.1) is 12.2 Å². The minimum Gasteiger partial charge on any atom is -0.480 e. The van der Waals surface area contributed by atoms with Crippen molar-refractivity contribution < 1.29 is 51.7 Å². The van der Waals surface area contributed by atoms with Crippen LogP contribution in [0.5, 0.6) is 0 Å². The summed E-state index contributed by atoms with van der Waals surface area (Å²) in [5, 5.41) is 9.58. The molecule has 0 unspecified atom stereocenters. The standard InChI is InChI=1S/C17H17F3O8/c1-4-26-15(23)10-5-11(18)12(14(20)13(10)19)17(16(24)25,6-27-8(2)21)7-28-9(3)22/h5H,4,6-7H2,1-3H3,(H,24,25). The second-order valence-electron chi connectivity index (χ2n) is 5.58. The molecule has 0 radical (unpaired) electrons. The number of carboxylic acids is 1. The molecule has 1 N–H and O–H groups in total. The molecule has 28 heavy (non-hydrogen) atoms. The minimum absolute atomic E-state index is 0.207. The van der Waals surface area contributed by atoms with E-state index in [0.29, 0.717) is 0 Å². The molecule has 0 fully saturated rings. The van der Waals surface area contributed by atoms with Crippen molar-refractivity contribution in [1.82, 2.24) is 0 Å². The lowest BCUT2D eigenvalue weighted by Crippen LogP contribution is -2.47. The number of hydrogen-bond acceptors (Lipinski definition) is 7. The molecule has 0 heterocycles. The number of carbonyl (C=O) groups is 4. The van der Waals surface area contributed by atoms with Crippen LogP contribution in [0.4, 0.5) is 13.2 Å². The molecule has 0 aliphatic rings. The number of ether oxygens (including phenoxy) is 3. The first-order valence-electron chi connectivity index (χ1n) is 7.83. The monoisotopic (exact) mass is 406 g/mol. The molecular formula is C17H17F3O8. The summed E-state index contributed by atoms with van der Waals surface area (Å²) < 4.78 is 57.3. The third kappa shape index (κ3) is 4.78. The van der Waals surface area contributed by atoms with Crippen LogP contribution in [0.3, 0.4) is 0 Å². The molecule has 0 atom stereocenters. The van der Waals surface area contributed by atoms with Crippen LogP contribution in [-0.2, 0) is 34.0 Å². The van der Waals surface area contributed by atoms with Crippen LogP contribution in [0.2, 0.25) is 0 Å². The molecule has 0 saturated carbocycles. The average molecular weight is 406 g/mol. The molecule has 11 heteroatoms. The first-order chi connectivity index (χ1) is 13.0. The van der Waals surface area contributed by atoms with Gasteiger partial charge in [-0.25, -0.2) is 18.0 Å². The molecule has 8 nitrogen and oxygen atoms in total. The topological polar surface area (TPSA) is 116 Å². The Morgan fingerprint density at radius 1 is 0.964 bits per heavy atom. The molecule has 0 spiro atoms. The van der Waals surface area contributed by atoms with Crippen LogP contribution in [0.15, 0.2) is 6.07 Å². The second kappa shape index (κ2) is 9.20. The summed E-state index contributed by atoms with van der Waals surface area (Å²) in [6.45, 7) is 0.630. The smallest absolute Gasteiger partial charge is 0.341 e. The van der Waals surface area contributed by atoms with Gasteiger partial charge in [0, 0.05) is 13.8 Å². The second-order valence-corrected chi connectivity index (χ2v) is 5.58. The molecule has 0 saturated heterocycles. The van der Waals surface area contributed by atoms with E-state index in [1.165, 1.54) is 6.92 Å². The van der Waals surface area contributed by atoms with E-state index in [2.05, 4.69) is 14.2 Å². The molecule has 0 aromatic heterocycles. The predicted molar refractivity (Wildman–Crippen MR) is 84.9 cm³/mol. The maximum atomic E-state index is 14.7. The summed E-state index contributed by atoms with van der Waals surface area (Å²) in [4.78, 5) is 45.7. The van der Waals surface area contributed by atoms with E-state index in [-0.39, 0.29) is 12.7 Å². The van der Waals surface area contributed by atoms with Crippen molar-refractivity contribution in [3.8, 4) is 0 Å². The Hall–Kier alpha value is -3.11. The highest BCUT2D eigenvalue weighted by Gasteiger charge is 2.49. The summed E-state index contributed by atoms with van der Waals surface area (Å²) in [5.74, 6) is -10.9. The van der Waals surface area contributed by atoms with Crippen LogP contribution >= 0.6 is 0 Å². The maximum Gasteiger partial charge on any atom is 0.341 e. The molecule has 0 amide bonds. The van der Waals surface area contributed by atoms with Gasteiger partial charge < -0.3 is 19.3 Å². The molecule has 1 aromatic carbocycles. The number of benzene rings is 1. The lowest BCUT2D eigenvalue weighted by molar-refractivity contribution is -0.158. The first-order valence-corrected chi connectivity index (χ1v) is 7.83. The lowest BCUT2D eigenvalue weighted by atomic mass is 9.80. The van der Waals surface area contributed by atoms with E-state index in [9.17, 15) is 37.5 Å². The largest absolute Gasteiger partial charge is 0.480 e. The van der Waals surface area contributed by atoms with E-state index in [4.69, 9.17) is 0 Å². The number of esters is 3. The number of hydrogen-bond donors (Lipinski definition) is 1. The van der Waals surface area contributed by atoms with Crippen molar-refractivity contribution in [3.63, 3.8) is 0 Å². The van der Waals surface area contributed by atoms with Crippen molar-refractivity contribution in [2.45, 2.75) is 26.2 Å². The summed E-state index contributed by atoms with van der Waals surface area (Å²) >= 11 is 0. The van der Waals surface area contributed by atoms with Gasteiger partial charge in [-0.2, -0.15) is 0 Å². The normalized spacial score (nSPS) is 10.9. The summed E-state index contributed by atoms with van der Waals surface area (Å²) in [6.07, 6.45) is 0.